The van der Waals surface area contributed by atoms with Crippen molar-refractivity contribution in [2.24, 2.45) is 5.92 Å². The molecule has 1 heterocycles. The standard InChI is InChI=1S/C23H31N3O5S2/c1-15-11-17(3)22(18(4)12-15)33(30,31)26-10-6-7-19(14-26)23(27)25-21-13-20(9-8-16(21)2)32(28,29)24-5/h8-9,11-13,19,24H,6-7,10,14H2,1-5H3,(H,25,27). The van der Waals surface area contributed by atoms with Crippen LogP contribution in [0, 0.1) is 33.6 Å². The third-order valence-electron chi connectivity index (χ3n) is 6.00. The van der Waals surface area contributed by atoms with Gasteiger partial charge in [0.2, 0.25) is 26.0 Å². The Bertz CT molecular complexity index is 1260. The summed E-state index contributed by atoms with van der Waals surface area (Å²) >= 11 is 0. The average Bonchev–Trinajstić information content (AvgIpc) is 2.74. The fourth-order valence-electron chi connectivity index (χ4n) is 4.33. The monoisotopic (exact) mass is 493 g/mol. The molecular formula is C23H31N3O5S2. The van der Waals surface area contributed by atoms with Crippen molar-refractivity contribution in [1.82, 2.24) is 9.03 Å². The van der Waals surface area contributed by atoms with Crippen molar-refractivity contribution in [3.8, 4) is 0 Å². The van der Waals surface area contributed by atoms with Gasteiger partial charge in [-0.25, -0.2) is 21.6 Å². The third-order valence-corrected chi connectivity index (χ3v) is 9.59. The summed E-state index contributed by atoms with van der Waals surface area (Å²) in [5, 5.41) is 2.81. The van der Waals surface area contributed by atoms with Gasteiger partial charge in [-0.1, -0.05) is 23.8 Å². The summed E-state index contributed by atoms with van der Waals surface area (Å²) in [6, 6.07) is 8.21. The zero-order chi connectivity index (χ0) is 24.6. The topological polar surface area (TPSA) is 113 Å². The van der Waals surface area contributed by atoms with Gasteiger partial charge in [0.1, 0.15) is 0 Å². The molecule has 1 aliphatic heterocycles. The molecule has 2 aromatic carbocycles. The number of nitrogens with one attached hydrogen (secondary N) is 2. The lowest BCUT2D eigenvalue weighted by atomic mass is 9.98. The van der Waals surface area contributed by atoms with Crippen LogP contribution in [0.3, 0.4) is 0 Å². The zero-order valence-electron chi connectivity index (χ0n) is 19.6. The molecule has 1 fully saturated rings. The largest absolute Gasteiger partial charge is 0.326 e. The predicted octanol–water partition coefficient (Wildman–Crippen LogP) is 2.87. The SMILES string of the molecule is CNS(=O)(=O)c1ccc(C)c(NC(=O)C2CCCN(S(=O)(=O)c3c(C)cc(C)cc3C)C2)c1. The van der Waals surface area contributed by atoms with Crippen LogP contribution in [0.15, 0.2) is 40.1 Å². The van der Waals surface area contributed by atoms with Gasteiger partial charge in [-0.15, -0.1) is 0 Å². The van der Waals surface area contributed by atoms with Gasteiger partial charge in [-0.3, -0.25) is 4.79 Å². The fraction of sp³-hybridized carbons (Fsp3) is 0.435. The van der Waals surface area contributed by atoms with E-state index in [1.807, 2.05) is 19.1 Å². The van der Waals surface area contributed by atoms with Crippen LogP contribution in [0.2, 0.25) is 0 Å². The quantitative estimate of drug-likeness (QED) is 0.643. The molecule has 2 N–H and O–H groups in total. The minimum Gasteiger partial charge on any atom is -0.326 e. The van der Waals surface area contributed by atoms with Crippen molar-refractivity contribution < 1.29 is 21.6 Å². The van der Waals surface area contributed by atoms with Crippen molar-refractivity contribution >= 4 is 31.6 Å². The van der Waals surface area contributed by atoms with Crippen LogP contribution in [-0.2, 0) is 24.8 Å². The lowest BCUT2D eigenvalue weighted by Gasteiger charge is -2.32. The number of nitrogens with zero attached hydrogens (tertiary/aromatic N) is 1. The lowest BCUT2D eigenvalue weighted by Crippen LogP contribution is -2.44. The highest BCUT2D eigenvalue weighted by atomic mass is 32.2. The maximum Gasteiger partial charge on any atom is 0.243 e. The van der Waals surface area contributed by atoms with Gasteiger partial charge in [-0.05, 0) is 76.4 Å². The third kappa shape index (κ3) is 5.29. The number of aryl methyl sites for hydroxylation is 4. The number of hydrogen-bond donors (Lipinski definition) is 2. The van der Waals surface area contributed by atoms with Crippen molar-refractivity contribution in [3.05, 3.63) is 52.6 Å². The van der Waals surface area contributed by atoms with E-state index in [0.29, 0.717) is 46.7 Å². The van der Waals surface area contributed by atoms with Crippen LogP contribution >= 0.6 is 0 Å². The number of hydrogen-bond acceptors (Lipinski definition) is 5. The fourth-order valence-corrected chi connectivity index (χ4v) is 7.02. The zero-order valence-corrected chi connectivity index (χ0v) is 21.2. The number of rotatable bonds is 6. The summed E-state index contributed by atoms with van der Waals surface area (Å²) in [6.07, 6.45) is 1.12. The molecular weight excluding hydrogens is 462 g/mol. The Morgan fingerprint density at radius 2 is 1.61 bits per heavy atom. The summed E-state index contributed by atoms with van der Waals surface area (Å²) in [7, 11) is -6.09. The lowest BCUT2D eigenvalue weighted by molar-refractivity contribution is -0.120. The predicted molar refractivity (Wildman–Crippen MR) is 128 cm³/mol. The van der Waals surface area contributed by atoms with Crippen molar-refractivity contribution in [2.45, 2.75) is 50.3 Å². The van der Waals surface area contributed by atoms with Crippen molar-refractivity contribution in [1.29, 1.82) is 0 Å². The highest BCUT2D eigenvalue weighted by molar-refractivity contribution is 7.89. The van der Waals surface area contributed by atoms with Crippen molar-refractivity contribution in [3.63, 3.8) is 0 Å². The molecule has 1 saturated heterocycles. The molecule has 2 aromatic rings. The first-order chi connectivity index (χ1) is 15.4. The summed E-state index contributed by atoms with van der Waals surface area (Å²) in [5.74, 6) is -0.863. The molecule has 8 nitrogen and oxygen atoms in total. The van der Waals surface area contributed by atoms with Gasteiger partial charge in [-0.2, -0.15) is 4.31 Å². The molecule has 1 unspecified atom stereocenters. The maximum atomic E-state index is 13.4. The van der Waals surface area contributed by atoms with Crippen LogP contribution < -0.4 is 10.0 Å². The number of amides is 1. The first kappa shape index (κ1) is 25.4. The number of carbonyl (C=O) groups is 1. The highest BCUT2D eigenvalue weighted by Gasteiger charge is 2.35. The van der Waals surface area contributed by atoms with Gasteiger partial charge in [0, 0.05) is 18.8 Å². The second-order valence-electron chi connectivity index (χ2n) is 8.60. The molecule has 1 amide bonds. The normalized spacial score (nSPS) is 17.7. The minimum absolute atomic E-state index is 0.0454. The van der Waals surface area contributed by atoms with E-state index < -0.39 is 26.0 Å². The summed E-state index contributed by atoms with van der Waals surface area (Å²) in [5.41, 5.74) is 3.48. The molecule has 0 saturated carbocycles. The Kier molecular flexibility index (Phi) is 7.33. The van der Waals surface area contributed by atoms with Crippen molar-refractivity contribution in [2.75, 3.05) is 25.5 Å². The number of piperidine rings is 1. The smallest absolute Gasteiger partial charge is 0.243 e. The second-order valence-corrected chi connectivity index (χ2v) is 12.4. The molecule has 180 valence electrons. The van der Waals surface area contributed by atoms with Gasteiger partial charge in [0.25, 0.3) is 0 Å². The van der Waals surface area contributed by atoms with Gasteiger partial charge in [0.15, 0.2) is 0 Å². The van der Waals surface area contributed by atoms with E-state index >= 15 is 0 Å². The maximum absolute atomic E-state index is 13.4. The van der Waals surface area contributed by atoms with Gasteiger partial charge < -0.3 is 5.32 Å². The average molecular weight is 494 g/mol. The van der Waals surface area contributed by atoms with Crippen LogP contribution in [0.5, 0.6) is 0 Å². The first-order valence-electron chi connectivity index (χ1n) is 10.8. The van der Waals surface area contributed by atoms with E-state index in [9.17, 15) is 21.6 Å². The summed E-state index contributed by atoms with van der Waals surface area (Å²) < 4.78 is 54.7. The minimum atomic E-state index is -3.75. The van der Waals surface area contributed by atoms with E-state index in [-0.39, 0.29) is 17.3 Å². The van der Waals surface area contributed by atoms with E-state index in [4.69, 9.17) is 0 Å². The highest BCUT2D eigenvalue weighted by Crippen LogP contribution is 2.30. The molecule has 1 aliphatic rings. The first-order valence-corrected chi connectivity index (χ1v) is 13.7. The summed E-state index contributed by atoms with van der Waals surface area (Å²) in [4.78, 5) is 13.4. The van der Waals surface area contributed by atoms with Gasteiger partial charge in [0.05, 0.1) is 15.7 Å². The van der Waals surface area contributed by atoms with Crippen LogP contribution in [0.4, 0.5) is 5.69 Å². The molecule has 0 aliphatic carbocycles. The Balaban J connectivity index is 1.83. The van der Waals surface area contributed by atoms with Gasteiger partial charge >= 0.3 is 0 Å². The number of carbonyl (C=O) groups excluding carboxylic acids is 1. The molecule has 0 spiro atoms. The number of anilines is 1. The Labute approximate surface area is 196 Å². The van der Waals surface area contributed by atoms with E-state index in [2.05, 4.69) is 10.0 Å². The Hall–Kier alpha value is -2.27. The Morgan fingerprint density at radius 1 is 0.970 bits per heavy atom. The molecule has 1 atom stereocenters. The van der Waals surface area contributed by atoms with Crippen LogP contribution in [0.25, 0.3) is 0 Å². The molecule has 0 aromatic heterocycles. The molecule has 3 rings (SSSR count). The molecule has 33 heavy (non-hydrogen) atoms. The summed E-state index contributed by atoms with van der Waals surface area (Å²) in [6.45, 7) is 7.71. The van der Waals surface area contributed by atoms with E-state index in [0.717, 1.165) is 5.56 Å². The number of sulfonamides is 2. The second kappa shape index (κ2) is 9.54. The van der Waals surface area contributed by atoms with Crippen LogP contribution in [-0.4, -0.2) is 47.2 Å². The molecule has 10 heteroatoms. The van der Waals surface area contributed by atoms with E-state index in [1.165, 1.54) is 23.5 Å². The molecule has 0 bridgehead atoms. The Morgan fingerprint density at radius 3 is 2.21 bits per heavy atom. The molecule has 0 radical (unpaired) electrons. The van der Waals surface area contributed by atoms with E-state index in [1.54, 1.807) is 26.8 Å². The number of benzene rings is 2. The van der Waals surface area contributed by atoms with Crippen LogP contribution in [0.1, 0.15) is 35.1 Å².